The van der Waals surface area contributed by atoms with Crippen LogP contribution in [0.5, 0.6) is 0 Å². The van der Waals surface area contributed by atoms with E-state index in [4.69, 9.17) is 4.74 Å². The third-order valence-electron chi connectivity index (χ3n) is 3.60. The van der Waals surface area contributed by atoms with Crippen LogP contribution in [0.3, 0.4) is 0 Å². The lowest BCUT2D eigenvalue weighted by Gasteiger charge is -2.35. The van der Waals surface area contributed by atoms with Crippen molar-refractivity contribution < 1.29 is 9.53 Å². The maximum Gasteiger partial charge on any atom is 0.161 e. The van der Waals surface area contributed by atoms with Gasteiger partial charge in [0.25, 0.3) is 0 Å². The molecule has 1 aliphatic rings. The van der Waals surface area contributed by atoms with Crippen molar-refractivity contribution in [2.75, 3.05) is 31.7 Å². The van der Waals surface area contributed by atoms with Gasteiger partial charge in [0.2, 0.25) is 0 Å². The number of halogens is 1. The lowest BCUT2D eigenvalue weighted by Crippen LogP contribution is -2.37. The second-order valence-corrected chi connectivity index (χ2v) is 6.04. The van der Waals surface area contributed by atoms with Crippen molar-refractivity contribution >= 4 is 27.4 Å². The number of ether oxygens (including phenoxy) is 1. The Morgan fingerprint density at radius 2 is 2.32 bits per heavy atom. The van der Waals surface area contributed by atoms with E-state index < -0.39 is 0 Å². The third-order valence-corrected chi connectivity index (χ3v) is 4.09. The molecule has 0 saturated carbocycles. The van der Waals surface area contributed by atoms with Gasteiger partial charge < -0.3 is 9.64 Å². The van der Waals surface area contributed by atoms with E-state index >= 15 is 0 Å². The van der Waals surface area contributed by atoms with Crippen LogP contribution in [0, 0.1) is 5.92 Å². The SMILES string of the molecule is COCC1CCCN(c2cc(Br)ccc2C(C)=O)C1. The van der Waals surface area contributed by atoms with Gasteiger partial charge in [-0.05, 0) is 43.9 Å². The standard InChI is InChI=1S/C15H20BrNO2/c1-11(18)14-6-5-13(16)8-15(14)17-7-3-4-12(9-17)10-19-2/h5-6,8,12H,3-4,7,9-10H2,1-2H3. The monoisotopic (exact) mass is 325 g/mol. The second kappa shape index (κ2) is 6.53. The van der Waals surface area contributed by atoms with Crippen LogP contribution in [-0.4, -0.2) is 32.6 Å². The normalized spacial score (nSPS) is 19.5. The number of benzene rings is 1. The van der Waals surface area contributed by atoms with Crippen LogP contribution in [0.1, 0.15) is 30.1 Å². The molecule has 0 aliphatic carbocycles. The Hall–Kier alpha value is -0.870. The highest BCUT2D eigenvalue weighted by atomic mass is 79.9. The Labute approximate surface area is 123 Å². The number of nitrogens with zero attached hydrogens (tertiary/aromatic N) is 1. The van der Waals surface area contributed by atoms with E-state index in [-0.39, 0.29) is 5.78 Å². The molecule has 0 bridgehead atoms. The molecule has 0 radical (unpaired) electrons. The van der Waals surface area contributed by atoms with Gasteiger partial charge in [-0.15, -0.1) is 0 Å². The molecule has 1 aliphatic heterocycles. The van der Waals surface area contributed by atoms with Crippen LogP contribution in [0.15, 0.2) is 22.7 Å². The van der Waals surface area contributed by atoms with Gasteiger partial charge in [-0.3, -0.25) is 4.79 Å². The number of piperidine rings is 1. The van der Waals surface area contributed by atoms with Crippen molar-refractivity contribution in [1.82, 2.24) is 0 Å². The van der Waals surface area contributed by atoms with Crippen molar-refractivity contribution in [1.29, 1.82) is 0 Å². The Kier molecular flexibility index (Phi) is 4.99. The van der Waals surface area contributed by atoms with Crippen LogP contribution in [-0.2, 0) is 4.74 Å². The third kappa shape index (κ3) is 3.57. The number of methoxy groups -OCH3 is 1. The lowest BCUT2D eigenvalue weighted by molar-refractivity contribution is 0.101. The van der Waals surface area contributed by atoms with Crippen LogP contribution >= 0.6 is 15.9 Å². The minimum absolute atomic E-state index is 0.122. The Balaban J connectivity index is 2.24. The Morgan fingerprint density at radius 3 is 3.00 bits per heavy atom. The number of carbonyl (C=O) groups excluding carboxylic acids is 1. The van der Waals surface area contributed by atoms with Gasteiger partial charge in [0.05, 0.1) is 6.61 Å². The second-order valence-electron chi connectivity index (χ2n) is 5.13. The molecule has 1 heterocycles. The number of carbonyl (C=O) groups is 1. The first-order valence-electron chi connectivity index (χ1n) is 6.66. The van der Waals surface area contributed by atoms with Crippen LogP contribution in [0.4, 0.5) is 5.69 Å². The topological polar surface area (TPSA) is 29.5 Å². The average Bonchev–Trinajstić information content (AvgIpc) is 2.39. The van der Waals surface area contributed by atoms with Gasteiger partial charge in [-0.2, -0.15) is 0 Å². The molecule has 1 unspecified atom stereocenters. The largest absolute Gasteiger partial charge is 0.384 e. The highest BCUT2D eigenvalue weighted by Crippen LogP contribution is 2.29. The summed E-state index contributed by atoms with van der Waals surface area (Å²) in [5, 5.41) is 0. The summed E-state index contributed by atoms with van der Waals surface area (Å²) in [6.07, 6.45) is 2.35. The van der Waals surface area contributed by atoms with E-state index in [0.717, 1.165) is 41.8 Å². The molecule has 1 aromatic rings. The predicted molar refractivity (Wildman–Crippen MR) is 81.0 cm³/mol. The molecule has 1 fully saturated rings. The van der Waals surface area contributed by atoms with E-state index in [1.165, 1.54) is 6.42 Å². The molecule has 1 atom stereocenters. The lowest BCUT2D eigenvalue weighted by atomic mass is 9.97. The predicted octanol–water partition coefficient (Wildman–Crippen LogP) is 3.51. The zero-order valence-electron chi connectivity index (χ0n) is 11.5. The molecule has 2 rings (SSSR count). The van der Waals surface area contributed by atoms with E-state index in [2.05, 4.69) is 20.8 Å². The molecule has 19 heavy (non-hydrogen) atoms. The summed E-state index contributed by atoms with van der Waals surface area (Å²) in [5.74, 6) is 0.675. The van der Waals surface area contributed by atoms with Crippen LogP contribution in [0.2, 0.25) is 0 Å². The molecule has 0 spiro atoms. The molecular formula is C15H20BrNO2. The van der Waals surface area contributed by atoms with E-state index in [9.17, 15) is 4.79 Å². The molecule has 0 N–H and O–H groups in total. The summed E-state index contributed by atoms with van der Waals surface area (Å²) in [6.45, 7) is 4.39. The summed E-state index contributed by atoms with van der Waals surface area (Å²) >= 11 is 3.50. The van der Waals surface area contributed by atoms with Gasteiger partial charge in [0, 0.05) is 35.9 Å². The minimum atomic E-state index is 0.122. The minimum Gasteiger partial charge on any atom is -0.384 e. The number of ketones is 1. The fourth-order valence-corrected chi connectivity index (χ4v) is 3.07. The average molecular weight is 326 g/mol. The molecule has 0 aromatic heterocycles. The smallest absolute Gasteiger partial charge is 0.161 e. The maximum atomic E-state index is 11.8. The van der Waals surface area contributed by atoms with Crippen molar-refractivity contribution in [3.8, 4) is 0 Å². The Morgan fingerprint density at radius 1 is 1.53 bits per heavy atom. The molecule has 0 amide bonds. The number of hydrogen-bond donors (Lipinski definition) is 0. The first-order chi connectivity index (χ1) is 9.11. The van der Waals surface area contributed by atoms with E-state index in [1.54, 1.807) is 14.0 Å². The van der Waals surface area contributed by atoms with Gasteiger partial charge in [0.15, 0.2) is 5.78 Å². The van der Waals surface area contributed by atoms with Crippen LogP contribution in [0.25, 0.3) is 0 Å². The molecule has 4 heteroatoms. The highest BCUT2D eigenvalue weighted by Gasteiger charge is 2.22. The molecule has 1 aromatic carbocycles. The summed E-state index contributed by atoms with van der Waals surface area (Å²) in [6, 6.07) is 5.88. The summed E-state index contributed by atoms with van der Waals surface area (Å²) in [4.78, 5) is 14.1. The highest BCUT2D eigenvalue weighted by molar-refractivity contribution is 9.10. The molecular weight excluding hydrogens is 306 g/mol. The van der Waals surface area contributed by atoms with Gasteiger partial charge >= 0.3 is 0 Å². The molecule has 1 saturated heterocycles. The van der Waals surface area contributed by atoms with E-state index in [1.807, 2.05) is 18.2 Å². The quantitative estimate of drug-likeness (QED) is 0.793. The maximum absolute atomic E-state index is 11.8. The first-order valence-corrected chi connectivity index (χ1v) is 7.45. The zero-order valence-corrected chi connectivity index (χ0v) is 13.1. The van der Waals surface area contributed by atoms with Crippen molar-refractivity contribution in [2.45, 2.75) is 19.8 Å². The van der Waals surface area contributed by atoms with Crippen LogP contribution < -0.4 is 4.90 Å². The fourth-order valence-electron chi connectivity index (χ4n) is 2.72. The van der Waals surface area contributed by atoms with Crippen molar-refractivity contribution in [3.63, 3.8) is 0 Å². The number of Topliss-reactive ketones (excluding diaryl/α,β-unsaturated/α-hetero) is 1. The first kappa shape index (κ1) is 14.5. The van der Waals surface area contributed by atoms with Gasteiger partial charge in [0.1, 0.15) is 0 Å². The van der Waals surface area contributed by atoms with Crippen molar-refractivity contribution in [2.24, 2.45) is 5.92 Å². The molecule has 104 valence electrons. The summed E-state index contributed by atoms with van der Waals surface area (Å²) in [5.41, 5.74) is 1.85. The van der Waals surface area contributed by atoms with Gasteiger partial charge in [-0.1, -0.05) is 15.9 Å². The summed E-state index contributed by atoms with van der Waals surface area (Å²) in [7, 11) is 1.75. The molecule has 3 nitrogen and oxygen atoms in total. The fraction of sp³-hybridized carbons (Fsp3) is 0.533. The number of anilines is 1. The zero-order chi connectivity index (χ0) is 13.8. The van der Waals surface area contributed by atoms with E-state index in [0.29, 0.717) is 5.92 Å². The number of rotatable bonds is 4. The Bertz CT molecular complexity index is 459. The van der Waals surface area contributed by atoms with Crippen molar-refractivity contribution in [3.05, 3.63) is 28.2 Å². The summed E-state index contributed by atoms with van der Waals surface area (Å²) < 4.78 is 6.28. The number of hydrogen-bond acceptors (Lipinski definition) is 3. The van der Waals surface area contributed by atoms with Gasteiger partial charge in [-0.25, -0.2) is 0 Å².